The van der Waals surface area contributed by atoms with Crippen molar-refractivity contribution in [2.75, 3.05) is 11.6 Å². The van der Waals surface area contributed by atoms with Gasteiger partial charge in [-0.05, 0) is 49.8 Å². The second-order valence-electron chi connectivity index (χ2n) is 7.13. The van der Waals surface area contributed by atoms with Crippen LogP contribution in [0.1, 0.15) is 28.0 Å². The Morgan fingerprint density at radius 2 is 2.10 bits per heavy atom. The van der Waals surface area contributed by atoms with Gasteiger partial charge in [0, 0.05) is 16.5 Å². The fraction of sp³-hybridized carbons (Fsp3) is 0.182. The maximum Gasteiger partial charge on any atom is 0.257 e. The van der Waals surface area contributed by atoms with Gasteiger partial charge < -0.3 is 9.73 Å². The second kappa shape index (κ2) is 7.92. The SMILES string of the molecule is CSc1ccccc1C(=O)Nc1cc(-c2ccco2)nn1-c1nc2c(c(=O)[nH]1)CCC2. The smallest absolute Gasteiger partial charge is 0.257 e. The van der Waals surface area contributed by atoms with Gasteiger partial charge >= 0.3 is 0 Å². The van der Waals surface area contributed by atoms with Crippen molar-refractivity contribution in [1.29, 1.82) is 0 Å². The third kappa shape index (κ3) is 3.57. The van der Waals surface area contributed by atoms with Crippen molar-refractivity contribution >= 4 is 23.5 Å². The molecule has 8 nitrogen and oxygen atoms in total. The van der Waals surface area contributed by atoms with Crippen LogP contribution in [0.15, 0.2) is 62.8 Å². The predicted octanol–water partition coefficient (Wildman–Crippen LogP) is 3.68. The number of amides is 1. The lowest BCUT2D eigenvalue weighted by Gasteiger charge is -2.10. The van der Waals surface area contributed by atoms with Gasteiger partial charge in [-0.3, -0.25) is 14.6 Å². The monoisotopic (exact) mass is 433 g/mol. The van der Waals surface area contributed by atoms with E-state index in [0.29, 0.717) is 22.8 Å². The summed E-state index contributed by atoms with van der Waals surface area (Å²) in [6.07, 6.45) is 5.85. The molecule has 1 aromatic carbocycles. The number of fused-ring (bicyclic) bond motifs is 1. The molecule has 9 heteroatoms. The summed E-state index contributed by atoms with van der Waals surface area (Å²) >= 11 is 1.50. The number of H-pyrrole nitrogens is 1. The first-order chi connectivity index (χ1) is 15.1. The lowest BCUT2D eigenvalue weighted by atomic mass is 10.2. The van der Waals surface area contributed by atoms with Crippen molar-refractivity contribution in [2.45, 2.75) is 24.2 Å². The van der Waals surface area contributed by atoms with Crippen LogP contribution in [-0.4, -0.2) is 31.9 Å². The molecule has 4 aromatic rings. The highest BCUT2D eigenvalue weighted by Crippen LogP contribution is 2.26. The summed E-state index contributed by atoms with van der Waals surface area (Å²) in [4.78, 5) is 33.9. The van der Waals surface area contributed by atoms with Crippen LogP contribution in [0.5, 0.6) is 0 Å². The van der Waals surface area contributed by atoms with E-state index in [-0.39, 0.29) is 17.4 Å². The summed E-state index contributed by atoms with van der Waals surface area (Å²) in [7, 11) is 0. The molecule has 0 radical (unpaired) electrons. The maximum absolute atomic E-state index is 13.0. The maximum atomic E-state index is 13.0. The highest BCUT2D eigenvalue weighted by atomic mass is 32.2. The molecule has 0 atom stereocenters. The molecule has 0 unspecified atom stereocenters. The molecule has 3 aromatic heterocycles. The molecular formula is C22H19N5O3S. The van der Waals surface area contributed by atoms with Gasteiger partial charge in [-0.25, -0.2) is 4.98 Å². The number of anilines is 1. The lowest BCUT2D eigenvalue weighted by Crippen LogP contribution is -2.21. The van der Waals surface area contributed by atoms with E-state index < -0.39 is 0 Å². The van der Waals surface area contributed by atoms with E-state index in [1.165, 1.54) is 16.4 Å². The Labute approximate surface area is 181 Å². The summed E-state index contributed by atoms with van der Waals surface area (Å²) in [5.74, 6) is 0.910. The summed E-state index contributed by atoms with van der Waals surface area (Å²) < 4.78 is 6.91. The summed E-state index contributed by atoms with van der Waals surface area (Å²) in [6, 6.07) is 12.6. The third-order valence-corrected chi connectivity index (χ3v) is 6.00. The highest BCUT2D eigenvalue weighted by Gasteiger charge is 2.22. The van der Waals surface area contributed by atoms with E-state index in [1.807, 2.05) is 24.5 Å². The molecule has 1 aliphatic carbocycles. The minimum Gasteiger partial charge on any atom is -0.463 e. The van der Waals surface area contributed by atoms with Crippen molar-refractivity contribution in [1.82, 2.24) is 19.7 Å². The van der Waals surface area contributed by atoms with Crippen molar-refractivity contribution in [3.05, 3.63) is 75.9 Å². The van der Waals surface area contributed by atoms with Crippen LogP contribution in [0.3, 0.4) is 0 Å². The van der Waals surface area contributed by atoms with Gasteiger partial charge in [0.2, 0.25) is 5.95 Å². The van der Waals surface area contributed by atoms with Gasteiger partial charge in [0.15, 0.2) is 5.76 Å². The standard InChI is InChI=1S/C22H19N5O3S/c1-31-18-10-3-2-6-14(18)21(29)24-19-12-16(17-9-5-11-30-17)26-27(19)22-23-15-8-4-7-13(15)20(28)25-22/h2-3,5-6,9-12H,4,7-8H2,1H3,(H,24,29)(H,23,25,28). The fourth-order valence-electron chi connectivity index (χ4n) is 3.72. The molecule has 0 bridgehead atoms. The summed E-state index contributed by atoms with van der Waals surface area (Å²) in [6.45, 7) is 0. The van der Waals surface area contributed by atoms with Gasteiger partial charge in [0.05, 0.1) is 17.5 Å². The van der Waals surface area contributed by atoms with Crippen LogP contribution >= 0.6 is 11.8 Å². The van der Waals surface area contributed by atoms with Crippen LogP contribution in [0.25, 0.3) is 17.4 Å². The van der Waals surface area contributed by atoms with Crippen molar-refractivity contribution in [3.8, 4) is 17.4 Å². The molecule has 31 heavy (non-hydrogen) atoms. The fourth-order valence-corrected chi connectivity index (χ4v) is 4.32. The van der Waals surface area contributed by atoms with E-state index in [2.05, 4.69) is 20.4 Å². The van der Waals surface area contributed by atoms with E-state index in [1.54, 1.807) is 30.5 Å². The lowest BCUT2D eigenvalue weighted by molar-refractivity contribution is 0.102. The number of carbonyl (C=O) groups is 1. The quantitative estimate of drug-likeness (QED) is 0.465. The van der Waals surface area contributed by atoms with Gasteiger partial charge in [-0.1, -0.05) is 12.1 Å². The Morgan fingerprint density at radius 3 is 2.90 bits per heavy atom. The molecule has 0 saturated heterocycles. The molecule has 0 aliphatic heterocycles. The number of rotatable bonds is 5. The van der Waals surface area contributed by atoms with Gasteiger partial charge in [-0.15, -0.1) is 11.8 Å². The number of hydrogen-bond acceptors (Lipinski definition) is 6. The number of aromatic nitrogens is 4. The zero-order valence-electron chi connectivity index (χ0n) is 16.7. The van der Waals surface area contributed by atoms with E-state index >= 15 is 0 Å². The summed E-state index contributed by atoms with van der Waals surface area (Å²) in [5, 5.41) is 7.46. The van der Waals surface area contributed by atoms with Crippen LogP contribution in [0.4, 0.5) is 5.82 Å². The van der Waals surface area contributed by atoms with Gasteiger partial charge in [-0.2, -0.15) is 9.78 Å². The molecule has 156 valence electrons. The molecule has 3 heterocycles. The first kappa shape index (κ1) is 19.4. The van der Waals surface area contributed by atoms with Crippen molar-refractivity contribution in [2.24, 2.45) is 0 Å². The van der Waals surface area contributed by atoms with Gasteiger partial charge in [0.25, 0.3) is 11.5 Å². The first-order valence-corrected chi connectivity index (χ1v) is 11.1. The highest BCUT2D eigenvalue weighted by molar-refractivity contribution is 7.98. The van der Waals surface area contributed by atoms with Crippen LogP contribution in [0.2, 0.25) is 0 Å². The number of nitrogens with one attached hydrogen (secondary N) is 2. The van der Waals surface area contributed by atoms with Crippen LogP contribution in [-0.2, 0) is 12.8 Å². The van der Waals surface area contributed by atoms with E-state index in [0.717, 1.165) is 35.4 Å². The first-order valence-electron chi connectivity index (χ1n) is 9.85. The minimum absolute atomic E-state index is 0.169. The van der Waals surface area contributed by atoms with Crippen LogP contribution in [0, 0.1) is 0 Å². The van der Waals surface area contributed by atoms with E-state index in [9.17, 15) is 9.59 Å². The number of aryl methyl sites for hydroxylation is 1. The number of benzene rings is 1. The summed E-state index contributed by atoms with van der Waals surface area (Å²) in [5.41, 5.74) is 2.40. The molecule has 0 fully saturated rings. The number of carbonyl (C=O) groups excluding carboxylic acids is 1. The number of thioether (sulfide) groups is 1. The topological polar surface area (TPSA) is 106 Å². The van der Waals surface area contributed by atoms with Crippen LogP contribution < -0.4 is 10.9 Å². The largest absolute Gasteiger partial charge is 0.463 e. The molecule has 0 spiro atoms. The molecule has 0 saturated carbocycles. The number of furan rings is 1. The van der Waals surface area contributed by atoms with Crippen molar-refractivity contribution in [3.63, 3.8) is 0 Å². The normalized spacial score (nSPS) is 12.7. The minimum atomic E-state index is -0.277. The number of nitrogens with zero attached hydrogens (tertiary/aromatic N) is 3. The average Bonchev–Trinajstić information content (AvgIpc) is 3.53. The van der Waals surface area contributed by atoms with E-state index in [4.69, 9.17) is 4.42 Å². The Morgan fingerprint density at radius 1 is 1.23 bits per heavy atom. The average molecular weight is 433 g/mol. The molecule has 1 amide bonds. The Hall–Kier alpha value is -3.59. The molecular weight excluding hydrogens is 414 g/mol. The Kier molecular flexibility index (Phi) is 4.95. The Bertz CT molecular complexity index is 1320. The van der Waals surface area contributed by atoms with Gasteiger partial charge in [0.1, 0.15) is 11.5 Å². The second-order valence-corrected chi connectivity index (χ2v) is 7.97. The zero-order valence-corrected chi connectivity index (χ0v) is 17.5. The van der Waals surface area contributed by atoms with Crippen molar-refractivity contribution < 1.29 is 9.21 Å². The molecule has 1 aliphatic rings. The number of hydrogen-bond donors (Lipinski definition) is 2. The zero-order chi connectivity index (χ0) is 21.4. The predicted molar refractivity (Wildman–Crippen MR) is 118 cm³/mol. The Balaban J connectivity index is 1.59. The molecule has 2 N–H and O–H groups in total. The molecule has 5 rings (SSSR count). The third-order valence-electron chi connectivity index (χ3n) is 5.21. The number of aromatic amines is 1.